The van der Waals surface area contributed by atoms with Crippen molar-refractivity contribution in [2.75, 3.05) is 5.84 Å². The van der Waals surface area contributed by atoms with E-state index in [0.717, 1.165) is 16.9 Å². The standard InChI is InChI=1S/C13H10ClN5O2S2/c14-10-4-2-1-3-9(10)12-16-17-13(18(12)15)23-7-8-5-11(19(20)21)22-6-8/h1-6H,7,15H2. The topological polar surface area (TPSA) is 99.9 Å². The molecule has 0 amide bonds. The van der Waals surface area contributed by atoms with E-state index in [1.165, 1.54) is 16.4 Å². The van der Waals surface area contributed by atoms with Crippen molar-refractivity contribution >= 4 is 39.7 Å². The SMILES string of the molecule is Nn1c(SCc2csc([N+](=O)[O-])c2)nnc1-c1ccccc1Cl. The van der Waals surface area contributed by atoms with Crippen LogP contribution in [0.4, 0.5) is 5.00 Å². The van der Waals surface area contributed by atoms with Gasteiger partial charge in [-0.2, -0.15) is 0 Å². The van der Waals surface area contributed by atoms with Crippen molar-refractivity contribution < 1.29 is 4.92 Å². The first-order valence-electron chi connectivity index (χ1n) is 6.36. The third-order valence-electron chi connectivity index (χ3n) is 2.97. The molecule has 0 atom stereocenters. The Hall–Kier alpha value is -2.10. The van der Waals surface area contributed by atoms with E-state index in [9.17, 15) is 10.1 Å². The summed E-state index contributed by atoms with van der Waals surface area (Å²) in [6, 6.07) is 8.77. The van der Waals surface area contributed by atoms with Crippen LogP contribution in [0.15, 0.2) is 40.9 Å². The zero-order chi connectivity index (χ0) is 16.4. The minimum Gasteiger partial charge on any atom is -0.335 e. The number of thioether (sulfide) groups is 1. The van der Waals surface area contributed by atoms with Crippen molar-refractivity contribution in [2.45, 2.75) is 10.9 Å². The molecule has 0 saturated heterocycles. The van der Waals surface area contributed by atoms with Gasteiger partial charge in [-0.1, -0.05) is 46.8 Å². The minimum absolute atomic E-state index is 0.117. The summed E-state index contributed by atoms with van der Waals surface area (Å²) < 4.78 is 1.37. The molecule has 0 fully saturated rings. The summed E-state index contributed by atoms with van der Waals surface area (Å²) in [6.45, 7) is 0. The molecule has 23 heavy (non-hydrogen) atoms. The molecule has 118 valence electrons. The zero-order valence-corrected chi connectivity index (χ0v) is 13.9. The summed E-state index contributed by atoms with van der Waals surface area (Å²) in [7, 11) is 0. The first-order chi connectivity index (χ1) is 11.1. The van der Waals surface area contributed by atoms with Crippen LogP contribution in [-0.2, 0) is 5.75 Å². The van der Waals surface area contributed by atoms with Gasteiger partial charge in [0.25, 0.3) is 0 Å². The van der Waals surface area contributed by atoms with E-state index in [0.29, 0.717) is 27.3 Å². The molecule has 0 spiro atoms. The highest BCUT2D eigenvalue weighted by Gasteiger charge is 2.15. The Morgan fingerprint density at radius 2 is 2.17 bits per heavy atom. The van der Waals surface area contributed by atoms with E-state index in [1.807, 2.05) is 18.2 Å². The number of nitro groups is 1. The maximum atomic E-state index is 10.7. The van der Waals surface area contributed by atoms with Crippen LogP contribution in [-0.4, -0.2) is 19.8 Å². The van der Waals surface area contributed by atoms with Gasteiger partial charge in [-0.15, -0.1) is 10.2 Å². The van der Waals surface area contributed by atoms with Gasteiger partial charge in [-0.3, -0.25) is 10.1 Å². The number of rotatable bonds is 5. The lowest BCUT2D eigenvalue weighted by Gasteiger charge is -2.04. The molecular formula is C13H10ClN5O2S2. The van der Waals surface area contributed by atoms with Gasteiger partial charge in [0, 0.05) is 22.8 Å². The quantitative estimate of drug-likeness (QED) is 0.320. The Morgan fingerprint density at radius 3 is 2.87 bits per heavy atom. The second kappa shape index (κ2) is 6.57. The van der Waals surface area contributed by atoms with Crippen molar-refractivity contribution in [3.63, 3.8) is 0 Å². The van der Waals surface area contributed by atoms with Gasteiger partial charge < -0.3 is 5.84 Å². The Labute approximate surface area is 144 Å². The fourth-order valence-corrected chi connectivity index (χ4v) is 3.72. The van der Waals surface area contributed by atoms with Crippen LogP contribution in [0.5, 0.6) is 0 Å². The fourth-order valence-electron chi connectivity index (χ4n) is 1.88. The van der Waals surface area contributed by atoms with Crippen LogP contribution in [0.25, 0.3) is 11.4 Å². The second-order valence-electron chi connectivity index (χ2n) is 4.50. The second-order valence-corrected chi connectivity index (χ2v) is 6.73. The lowest BCUT2D eigenvalue weighted by molar-refractivity contribution is -0.380. The van der Waals surface area contributed by atoms with Crippen molar-refractivity contribution in [3.8, 4) is 11.4 Å². The number of thiophene rings is 1. The molecule has 0 bridgehead atoms. The number of nitrogens with zero attached hydrogens (tertiary/aromatic N) is 4. The van der Waals surface area contributed by atoms with Crippen LogP contribution >= 0.6 is 34.7 Å². The summed E-state index contributed by atoms with van der Waals surface area (Å²) in [6.07, 6.45) is 0. The molecule has 3 aromatic rings. The van der Waals surface area contributed by atoms with Crippen molar-refractivity contribution in [3.05, 3.63) is 56.4 Å². The Balaban J connectivity index is 1.77. The van der Waals surface area contributed by atoms with Gasteiger partial charge in [-0.05, 0) is 17.7 Å². The third kappa shape index (κ3) is 3.31. The summed E-state index contributed by atoms with van der Waals surface area (Å²) in [5.74, 6) is 7.01. The third-order valence-corrected chi connectivity index (χ3v) is 5.24. The summed E-state index contributed by atoms with van der Waals surface area (Å²) in [4.78, 5) is 10.3. The number of hydrogen-bond acceptors (Lipinski definition) is 7. The smallest absolute Gasteiger partial charge is 0.324 e. The predicted molar refractivity (Wildman–Crippen MR) is 91.2 cm³/mol. The van der Waals surface area contributed by atoms with Crippen LogP contribution in [0.2, 0.25) is 5.02 Å². The average Bonchev–Trinajstić information content (AvgIpc) is 3.13. The van der Waals surface area contributed by atoms with E-state index in [4.69, 9.17) is 17.4 Å². The van der Waals surface area contributed by atoms with Gasteiger partial charge in [0.2, 0.25) is 5.16 Å². The molecule has 10 heteroatoms. The first-order valence-corrected chi connectivity index (χ1v) is 8.60. The molecule has 2 heterocycles. The Morgan fingerprint density at radius 1 is 1.39 bits per heavy atom. The van der Waals surface area contributed by atoms with Crippen LogP contribution in [0.1, 0.15) is 5.56 Å². The monoisotopic (exact) mass is 367 g/mol. The zero-order valence-electron chi connectivity index (χ0n) is 11.5. The van der Waals surface area contributed by atoms with Crippen LogP contribution in [0, 0.1) is 10.1 Å². The van der Waals surface area contributed by atoms with Crippen molar-refractivity contribution in [1.29, 1.82) is 0 Å². The van der Waals surface area contributed by atoms with Crippen LogP contribution < -0.4 is 5.84 Å². The largest absolute Gasteiger partial charge is 0.335 e. The molecule has 2 N–H and O–H groups in total. The first kappa shape index (κ1) is 15.8. The Kier molecular flexibility index (Phi) is 4.51. The number of nitrogen functional groups attached to an aromatic ring is 1. The highest BCUT2D eigenvalue weighted by Crippen LogP contribution is 2.30. The number of halogens is 1. The van der Waals surface area contributed by atoms with Gasteiger partial charge in [0.15, 0.2) is 5.82 Å². The summed E-state index contributed by atoms with van der Waals surface area (Å²) in [5.41, 5.74) is 1.54. The van der Waals surface area contributed by atoms with Gasteiger partial charge in [0.1, 0.15) is 0 Å². The van der Waals surface area contributed by atoms with Crippen molar-refractivity contribution in [2.24, 2.45) is 0 Å². The molecule has 2 aromatic heterocycles. The van der Waals surface area contributed by atoms with Crippen LogP contribution in [0.3, 0.4) is 0 Å². The fraction of sp³-hybridized carbons (Fsp3) is 0.0769. The van der Waals surface area contributed by atoms with E-state index < -0.39 is 4.92 Å². The lowest BCUT2D eigenvalue weighted by atomic mass is 10.2. The molecule has 0 unspecified atom stereocenters. The number of nitrogens with two attached hydrogens (primary N) is 1. The van der Waals surface area contributed by atoms with Crippen molar-refractivity contribution in [1.82, 2.24) is 14.9 Å². The molecule has 0 aliphatic rings. The van der Waals surface area contributed by atoms with E-state index >= 15 is 0 Å². The maximum absolute atomic E-state index is 10.7. The average molecular weight is 368 g/mol. The highest BCUT2D eigenvalue weighted by molar-refractivity contribution is 7.98. The number of benzene rings is 1. The molecule has 0 radical (unpaired) electrons. The predicted octanol–water partition coefficient (Wildman–Crippen LogP) is 3.57. The molecule has 0 aliphatic heterocycles. The molecule has 3 rings (SSSR count). The molecule has 7 nitrogen and oxygen atoms in total. The highest BCUT2D eigenvalue weighted by atomic mass is 35.5. The van der Waals surface area contributed by atoms with Gasteiger partial charge >= 0.3 is 5.00 Å². The molecule has 0 aliphatic carbocycles. The lowest BCUT2D eigenvalue weighted by Crippen LogP contribution is -2.11. The molecule has 0 saturated carbocycles. The molecule has 1 aromatic carbocycles. The number of aromatic nitrogens is 3. The Bertz CT molecular complexity index is 864. The maximum Gasteiger partial charge on any atom is 0.324 e. The summed E-state index contributed by atoms with van der Waals surface area (Å²) >= 11 is 8.59. The van der Waals surface area contributed by atoms with Gasteiger partial charge in [-0.25, -0.2) is 4.68 Å². The van der Waals surface area contributed by atoms with E-state index in [-0.39, 0.29) is 5.00 Å². The van der Waals surface area contributed by atoms with E-state index in [2.05, 4.69) is 10.2 Å². The normalized spacial score (nSPS) is 10.8. The minimum atomic E-state index is -0.403. The molecular weight excluding hydrogens is 358 g/mol. The van der Waals surface area contributed by atoms with Gasteiger partial charge in [0.05, 0.1) is 9.95 Å². The number of hydrogen-bond donors (Lipinski definition) is 1. The summed E-state index contributed by atoms with van der Waals surface area (Å²) in [5, 5.41) is 21.7. The van der Waals surface area contributed by atoms with E-state index in [1.54, 1.807) is 17.5 Å².